The summed E-state index contributed by atoms with van der Waals surface area (Å²) in [5, 5.41) is 7.31. The Hall–Kier alpha value is -0.800. The van der Waals surface area contributed by atoms with Crippen molar-refractivity contribution in [3.05, 3.63) is 0 Å². The van der Waals surface area contributed by atoms with Gasteiger partial charge in [-0.1, -0.05) is 0 Å². The first-order valence-corrected chi connectivity index (χ1v) is 10.5. The van der Waals surface area contributed by atoms with Gasteiger partial charge in [-0.3, -0.25) is 9.59 Å². The smallest absolute Gasteiger partial charge is 0.305 e. The van der Waals surface area contributed by atoms with Gasteiger partial charge in [0.05, 0.1) is 17.7 Å². The van der Waals surface area contributed by atoms with Crippen LogP contribution in [0.25, 0.3) is 0 Å². The van der Waals surface area contributed by atoms with Gasteiger partial charge in [-0.2, -0.15) is 11.8 Å². The summed E-state index contributed by atoms with van der Waals surface area (Å²) in [6, 6.07) is -0.439. The van der Waals surface area contributed by atoms with E-state index in [0.29, 0.717) is 44.1 Å². The van der Waals surface area contributed by atoms with Crippen LogP contribution in [0.15, 0.2) is 0 Å². The van der Waals surface area contributed by atoms with Crippen molar-refractivity contribution in [1.29, 1.82) is 0 Å². The molecule has 1 amide bonds. The van der Waals surface area contributed by atoms with Gasteiger partial charge in [0.2, 0.25) is 5.91 Å². The molecule has 2 unspecified atom stereocenters. The minimum absolute atomic E-state index is 0.150. The zero-order valence-electron chi connectivity index (χ0n) is 13.1. The molecule has 2 aliphatic heterocycles. The maximum absolute atomic E-state index is 12.7. The molecule has 2 rings (SSSR count). The maximum Gasteiger partial charge on any atom is 0.305 e. The van der Waals surface area contributed by atoms with Crippen molar-refractivity contribution in [3.8, 4) is 0 Å². The molecule has 2 fully saturated rings. The van der Waals surface area contributed by atoms with Crippen LogP contribution in [0.3, 0.4) is 0 Å². The predicted octanol–water partition coefficient (Wildman–Crippen LogP) is 0.387. The Labute approximate surface area is 140 Å². The van der Waals surface area contributed by atoms with Crippen molar-refractivity contribution >= 4 is 33.5 Å². The van der Waals surface area contributed by atoms with Gasteiger partial charge in [0, 0.05) is 31.3 Å². The largest absolute Gasteiger partial charge is 0.481 e. The summed E-state index contributed by atoms with van der Waals surface area (Å²) in [6.07, 6.45) is 0.672. The fraction of sp³-hybridized carbons (Fsp3) is 0.857. The van der Waals surface area contributed by atoms with Crippen LogP contribution >= 0.6 is 11.8 Å². The Kier molecular flexibility index (Phi) is 6.33. The van der Waals surface area contributed by atoms with Gasteiger partial charge < -0.3 is 14.7 Å². The van der Waals surface area contributed by atoms with E-state index < -0.39 is 38.3 Å². The molecule has 0 spiro atoms. The molecular formula is C14H23NO6S2. The van der Waals surface area contributed by atoms with Gasteiger partial charge in [0.1, 0.15) is 5.25 Å². The van der Waals surface area contributed by atoms with Crippen molar-refractivity contribution in [2.75, 3.05) is 31.3 Å². The molecule has 0 aromatic carbocycles. The molecule has 2 saturated heterocycles. The molecule has 0 aliphatic carbocycles. The third kappa shape index (κ3) is 4.39. The van der Waals surface area contributed by atoms with Gasteiger partial charge in [0.25, 0.3) is 0 Å². The average molecular weight is 365 g/mol. The molecule has 0 aromatic rings. The van der Waals surface area contributed by atoms with Crippen LogP contribution < -0.4 is 0 Å². The first-order valence-electron chi connectivity index (χ1n) is 7.74. The third-order valence-electron chi connectivity index (χ3n) is 4.39. The highest BCUT2D eigenvalue weighted by atomic mass is 32.2. The summed E-state index contributed by atoms with van der Waals surface area (Å²) in [5.74, 6) is -0.216. The van der Waals surface area contributed by atoms with Crippen molar-refractivity contribution in [3.63, 3.8) is 0 Å². The Morgan fingerprint density at radius 2 is 2.00 bits per heavy atom. The van der Waals surface area contributed by atoms with Crippen molar-refractivity contribution in [1.82, 2.24) is 4.90 Å². The number of hydrogen-bond acceptors (Lipinski definition) is 6. The van der Waals surface area contributed by atoms with E-state index in [1.54, 1.807) is 11.8 Å². The highest BCUT2D eigenvalue weighted by Crippen LogP contribution is 2.25. The molecule has 0 bridgehead atoms. The lowest BCUT2D eigenvalue weighted by molar-refractivity contribution is -0.140. The summed E-state index contributed by atoms with van der Waals surface area (Å²) >= 11 is 1.59. The Bertz CT molecular complexity index is 543. The standard InChI is InChI=1S/C14H23NO6S2/c1-10(23(19,20)12-2-5-21-6-3-12)14(18)15-4-7-22-9-11(15)8-13(16)17/h10-12H,2-9H2,1H3,(H,16,17). The summed E-state index contributed by atoms with van der Waals surface area (Å²) < 4.78 is 30.5. The molecule has 2 atom stereocenters. The first kappa shape index (κ1) is 18.5. The number of ether oxygens (including phenoxy) is 1. The van der Waals surface area contributed by atoms with Crippen LogP contribution in [0, 0.1) is 0 Å². The van der Waals surface area contributed by atoms with Crippen LogP contribution in [-0.4, -0.2) is 78.1 Å². The van der Waals surface area contributed by atoms with E-state index >= 15 is 0 Å². The molecule has 7 nitrogen and oxygen atoms in total. The van der Waals surface area contributed by atoms with Gasteiger partial charge in [-0.15, -0.1) is 0 Å². The van der Waals surface area contributed by atoms with Gasteiger partial charge in [-0.05, 0) is 19.8 Å². The quantitative estimate of drug-likeness (QED) is 0.752. The summed E-state index contributed by atoms with van der Waals surface area (Å²) in [5.41, 5.74) is 0. The lowest BCUT2D eigenvalue weighted by Gasteiger charge is -2.37. The van der Waals surface area contributed by atoms with E-state index in [2.05, 4.69) is 0 Å². The van der Waals surface area contributed by atoms with Crippen LogP contribution in [0.5, 0.6) is 0 Å². The van der Waals surface area contributed by atoms with E-state index in [1.165, 1.54) is 11.8 Å². The monoisotopic (exact) mass is 365 g/mol. The Morgan fingerprint density at radius 1 is 1.35 bits per heavy atom. The molecule has 2 aliphatic rings. The zero-order valence-corrected chi connectivity index (χ0v) is 14.8. The number of carboxylic acids is 1. The fourth-order valence-corrected chi connectivity index (χ4v) is 5.89. The molecule has 9 heteroatoms. The SMILES string of the molecule is CC(C(=O)N1CCSCC1CC(=O)O)S(=O)(=O)C1CCOCC1. The Morgan fingerprint density at radius 3 is 2.61 bits per heavy atom. The van der Waals surface area contributed by atoms with Crippen molar-refractivity contribution < 1.29 is 27.9 Å². The van der Waals surface area contributed by atoms with Crippen LogP contribution in [0.1, 0.15) is 26.2 Å². The number of carbonyl (C=O) groups excluding carboxylic acids is 1. The predicted molar refractivity (Wildman–Crippen MR) is 87.3 cm³/mol. The van der Waals surface area contributed by atoms with Crippen LogP contribution in [0.4, 0.5) is 0 Å². The highest BCUT2D eigenvalue weighted by Gasteiger charge is 2.40. The molecule has 23 heavy (non-hydrogen) atoms. The van der Waals surface area contributed by atoms with Crippen molar-refractivity contribution in [2.24, 2.45) is 0 Å². The van der Waals surface area contributed by atoms with Gasteiger partial charge >= 0.3 is 5.97 Å². The number of rotatable bonds is 5. The number of aliphatic carboxylic acids is 1. The number of amides is 1. The molecule has 1 N–H and O–H groups in total. The lowest BCUT2D eigenvalue weighted by Crippen LogP contribution is -2.53. The van der Waals surface area contributed by atoms with E-state index in [1.807, 2.05) is 0 Å². The van der Waals surface area contributed by atoms with Crippen molar-refractivity contribution in [2.45, 2.75) is 42.7 Å². The zero-order chi connectivity index (χ0) is 17.0. The van der Waals surface area contributed by atoms with E-state index in [0.717, 1.165) is 0 Å². The second-order valence-electron chi connectivity index (χ2n) is 5.90. The number of carbonyl (C=O) groups is 2. The molecule has 0 radical (unpaired) electrons. The van der Waals surface area contributed by atoms with E-state index in [4.69, 9.17) is 9.84 Å². The normalized spacial score (nSPS) is 25.1. The number of hydrogen-bond donors (Lipinski definition) is 1. The number of thioether (sulfide) groups is 1. The average Bonchev–Trinajstić information content (AvgIpc) is 2.54. The van der Waals surface area contributed by atoms with E-state index in [9.17, 15) is 18.0 Å². The van der Waals surface area contributed by atoms with E-state index in [-0.39, 0.29) is 6.42 Å². The number of carboxylic acid groups (broad SMARTS) is 1. The summed E-state index contributed by atoms with van der Waals surface area (Å²) in [6.45, 7) is 2.61. The second-order valence-corrected chi connectivity index (χ2v) is 9.60. The lowest BCUT2D eigenvalue weighted by atomic mass is 10.2. The van der Waals surface area contributed by atoms with Crippen LogP contribution in [-0.2, 0) is 24.2 Å². The molecule has 0 saturated carbocycles. The summed E-state index contributed by atoms with van der Waals surface area (Å²) in [4.78, 5) is 25.1. The molecule has 2 heterocycles. The van der Waals surface area contributed by atoms with Crippen LogP contribution in [0.2, 0.25) is 0 Å². The topological polar surface area (TPSA) is 101 Å². The Balaban J connectivity index is 2.11. The van der Waals surface area contributed by atoms with Gasteiger partial charge in [0.15, 0.2) is 9.84 Å². The summed E-state index contributed by atoms with van der Waals surface area (Å²) in [7, 11) is -3.59. The maximum atomic E-state index is 12.7. The second kappa shape index (κ2) is 7.85. The fourth-order valence-electron chi connectivity index (χ4n) is 2.98. The molecule has 132 valence electrons. The van der Waals surface area contributed by atoms with Gasteiger partial charge in [-0.25, -0.2) is 8.42 Å². The minimum Gasteiger partial charge on any atom is -0.481 e. The third-order valence-corrected chi connectivity index (χ3v) is 8.07. The highest BCUT2D eigenvalue weighted by molar-refractivity contribution is 7.99. The minimum atomic E-state index is -3.59. The first-order chi connectivity index (χ1) is 10.8. The number of sulfone groups is 1. The number of nitrogens with zero attached hydrogens (tertiary/aromatic N) is 1. The molecular weight excluding hydrogens is 342 g/mol. The molecule has 0 aromatic heterocycles.